The fraction of sp³-hybridized carbons (Fsp3) is 0.556. The van der Waals surface area contributed by atoms with Crippen LogP contribution in [0.2, 0.25) is 5.02 Å². The average molecular weight is 217 g/mol. The van der Waals surface area contributed by atoms with Gasteiger partial charge in [0.05, 0.1) is 16.9 Å². The molecule has 0 atom stereocenters. The molecule has 1 heterocycles. The molecule has 0 aromatic carbocycles. The number of hydrogen-bond donors (Lipinski definition) is 1. The molecule has 0 amide bonds. The molecule has 1 aromatic rings. The van der Waals surface area contributed by atoms with Gasteiger partial charge < -0.3 is 5.11 Å². The summed E-state index contributed by atoms with van der Waals surface area (Å²) in [5, 5.41) is 13.2. The minimum absolute atomic E-state index is 0.172. The van der Waals surface area contributed by atoms with Gasteiger partial charge in [0, 0.05) is 13.0 Å². The van der Waals surface area contributed by atoms with E-state index in [0.717, 1.165) is 12.2 Å². The number of aromatic nitrogens is 2. The standard InChI is InChI=1S/C9H13ClN2O2/c1-2-12-8(7(10)6-11-12)4-3-5-9(13)14/h6H,2-5H2,1H3,(H,13,14). The summed E-state index contributed by atoms with van der Waals surface area (Å²) in [5.74, 6) is -0.774. The summed E-state index contributed by atoms with van der Waals surface area (Å²) in [5.41, 5.74) is 0.926. The minimum atomic E-state index is -0.774. The lowest BCUT2D eigenvalue weighted by molar-refractivity contribution is -0.137. The number of aliphatic carboxylic acids is 1. The molecule has 0 saturated carbocycles. The fourth-order valence-electron chi connectivity index (χ4n) is 1.32. The van der Waals surface area contributed by atoms with Crippen molar-refractivity contribution in [2.24, 2.45) is 0 Å². The highest BCUT2D eigenvalue weighted by Crippen LogP contribution is 2.17. The van der Waals surface area contributed by atoms with Gasteiger partial charge in [-0.05, 0) is 19.8 Å². The lowest BCUT2D eigenvalue weighted by atomic mass is 10.2. The molecule has 1 aromatic heterocycles. The van der Waals surface area contributed by atoms with Crippen LogP contribution in [-0.2, 0) is 17.8 Å². The van der Waals surface area contributed by atoms with Gasteiger partial charge in [0.15, 0.2) is 0 Å². The van der Waals surface area contributed by atoms with E-state index in [2.05, 4.69) is 5.10 Å². The number of aryl methyl sites for hydroxylation is 1. The van der Waals surface area contributed by atoms with Gasteiger partial charge in [-0.2, -0.15) is 5.10 Å². The van der Waals surface area contributed by atoms with Gasteiger partial charge in [-0.25, -0.2) is 0 Å². The van der Waals surface area contributed by atoms with Crippen molar-refractivity contribution in [1.82, 2.24) is 9.78 Å². The van der Waals surface area contributed by atoms with Crippen molar-refractivity contribution in [2.75, 3.05) is 0 Å². The van der Waals surface area contributed by atoms with Gasteiger partial charge in [0.25, 0.3) is 0 Å². The maximum absolute atomic E-state index is 10.3. The second-order valence-corrected chi connectivity index (χ2v) is 3.41. The summed E-state index contributed by atoms with van der Waals surface area (Å²) in [6.45, 7) is 2.74. The molecule has 0 fully saturated rings. The number of carboxylic acids is 1. The highest BCUT2D eigenvalue weighted by Gasteiger charge is 2.08. The van der Waals surface area contributed by atoms with Crippen LogP contribution in [-0.4, -0.2) is 20.9 Å². The Morgan fingerprint density at radius 1 is 1.71 bits per heavy atom. The van der Waals surface area contributed by atoms with Crippen LogP contribution >= 0.6 is 11.6 Å². The SMILES string of the molecule is CCn1ncc(Cl)c1CCCC(=O)O. The zero-order valence-electron chi connectivity index (χ0n) is 8.03. The smallest absolute Gasteiger partial charge is 0.303 e. The molecular formula is C9H13ClN2O2. The lowest BCUT2D eigenvalue weighted by Crippen LogP contribution is -2.04. The molecule has 78 valence electrons. The van der Waals surface area contributed by atoms with E-state index in [4.69, 9.17) is 16.7 Å². The molecule has 0 unspecified atom stereocenters. The Morgan fingerprint density at radius 2 is 2.43 bits per heavy atom. The van der Waals surface area contributed by atoms with Crippen molar-refractivity contribution in [1.29, 1.82) is 0 Å². The molecule has 1 N–H and O–H groups in total. The van der Waals surface area contributed by atoms with Crippen LogP contribution in [0.5, 0.6) is 0 Å². The predicted octanol–water partition coefficient (Wildman–Crippen LogP) is 1.96. The number of hydrogen-bond acceptors (Lipinski definition) is 2. The first-order valence-corrected chi connectivity index (χ1v) is 4.95. The molecule has 0 aliphatic heterocycles. The van der Waals surface area contributed by atoms with E-state index in [1.807, 2.05) is 6.92 Å². The summed E-state index contributed by atoms with van der Waals surface area (Å²) in [6, 6.07) is 0. The van der Waals surface area contributed by atoms with E-state index in [1.54, 1.807) is 10.9 Å². The van der Waals surface area contributed by atoms with Crippen LogP contribution in [0.3, 0.4) is 0 Å². The Bertz CT molecular complexity index is 323. The molecule has 14 heavy (non-hydrogen) atoms. The first-order chi connectivity index (χ1) is 6.65. The Balaban J connectivity index is 2.56. The lowest BCUT2D eigenvalue weighted by Gasteiger charge is -2.03. The van der Waals surface area contributed by atoms with E-state index >= 15 is 0 Å². The molecule has 0 aliphatic rings. The topological polar surface area (TPSA) is 55.1 Å². The molecule has 1 rings (SSSR count). The number of rotatable bonds is 5. The van der Waals surface area contributed by atoms with Crippen LogP contribution < -0.4 is 0 Å². The van der Waals surface area contributed by atoms with Crippen molar-refractivity contribution in [3.63, 3.8) is 0 Å². The van der Waals surface area contributed by atoms with Crippen LogP contribution in [0.1, 0.15) is 25.5 Å². The Kier molecular flexibility index (Phi) is 3.95. The minimum Gasteiger partial charge on any atom is -0.481 e. The largest absolute Gasteiger partial charge is 0.481 e. The predicted molar refractivity (Wildman–Crippen MR) is 53.5 cm³/mol. The van der Waals surface area contributed by atoms with Gasteiger partial charge in [-0.15, -0.1) is 0 Å². The van der Waals surface area contributed by atoms with Crippen LogP contribution in [0, 0.1) is 0 Å². The van der Waals surface area contributed by atoms with Crippen molar-refractivity contribution in [2.45, 2.75) is 32.7 Å². The number of nitrogens with zero attached hydrogens (tertiary/aromatic N) is 2. The summed E-state index contributed by atoms with van der Waals surface area (Å²) >= 11 is 5.91. The van der Waals surface area contributed by atoms with Crippen molar-refractivity contribution in [3.8, 4) is 0 Å². The van der Waals surface area contributed by atoms with Crippen LogP contribution in [0.4, 0.5) is 0 Å². The van der Waals surface area contributed by atoms with E-state index < -0.39 is 5.97 Å². The molecule has 0 aliphatic carbocycles. The highest BCUT2D eigenvalue weighted by atomic mass is 35.5. The van der Waals surface area contributed by atoms with Crippen molar-refractivity contribution in [3.05, 3.63) is 16.9 Å². The molecule has 4 nitrogen and oxygen atoms in total. The summed E-state index contributed by atoms with van der Waals surface area (Å²) < 4.78 is 1.80. The molecular weight excluding hydrogens is 204 g/mol. The fourth-order valence-corrected chi connectivity index (χ4v) is 1.55. The summed E-state index contributed by atoms with van der Waals surface area (Å²) in [7, 11) is 0. The van der Waals surface area contributed by atoms with Crippen molar-refractivity contribution < 1.29 is 9.90 Å². The maximum atomic E-state index is 10.3. The number of carbonyl (C=O) groups is 1. The monoisotopic (exact) mass is 216 g/mol. The summed E-state index contributed by atoms with van der Waals surface area (Å²) in [6.07, 6.45) is 3.03. The van der Waals surface area contributed by atoms with Crippen LogP contribution in [0.25, 0.3) is 0 Å². The molecule has 5 heteroatoms. The molecule has 0 saturated heterocycles. The zero-order valence-corrected chi connectivity index (χ0v) is 8.79. The summed E-state index contributed by atoms with van der Waals surface area (Å²) in [4.78, 5) is 10.3. The van der Waals surface area contributed by atoms with E-state index in [0.29, 0.717) is 17.9 Å². The molecule has 0 spiro atoms. The number of halogens is 1. The average Bonchev–Trinajstić information content (AvgIpc) is 2.47. The second-order valence-electron chi connectivity index (χ2n) is 3.00. The zero-order chi connectivity index (χ0) is 10.6. The van der Waals surface area contributed by atoms with Crippen molar-refractivity contribution >= 4 is 17.6 Å². The normalized spacial score (nSPS) is 10.4. The van der Waals surface area contributed by atoms with E-state index in [-0.39, 0.29) is 6.42 Å². The van der Waals surface area contributed by atoms with Gasteiger partial charge in [0.1, 0.15) is 0 Å². The Labute approximate surface area is 87.5 Å². The van der Waals surface area contributed by atoms with Gasteiger partial charge in [-0.1, -0.05) is 11.6 Å². The number of carboxylic acid groups (broad SMARTS) is 1. The van der Waals surface area contributed by atoms with Crippen LogP contribution in [0.15, 0.2) is 6.20 Å². The Hall–Kier alpha value is -1.03. The third kappa shape index (κ3) is 2.73. The molecule has 0 bridgehead atoms. The first kappa shape index (κ1) is 11.0. The second kappa shape index (κ2) is 5.00. The Morgan fingerprint density at radius 3 is 3.00 bits per heavy atom. The van der Waals surface area contributed by atoms with E-state index in [9.17, 15) is 4.79 Å². The van der Waals surface area contributed by atoms with Gasteiger partial charge in [0.2, 0.25) is 0 Å². The highest BCUT2D eigenvalue weighted by molar-refractivity contribution is 6.31. The quantitative estimate of drug-likeness (QED) is 0.819. The molecule has 0 radical (unpaired) electrons. The maximum Gasteiger partial charge on any atom is 0.303 e. The third-order valence-electron chi connectivity index (χ3n) is 2.00. The van der Waals surface area contributed by atoms with Gasteiger partial charge in [-0.3, -0.25) is 9.48 Å². The van der Waals surface area contributed by atoms with Gasteiger partial charge >= 0.3 is 5.97 Å². The van der Waals surface area contributed by atoms with E-state index in [1.165, 1.54) is 0 Å². The first-order valence-electron chi connectivity index (χ1n) is 4.57. The third-order valence-corrected chi connectivity index (χ3v) is 2.32.